The van der Waals surface area contributed by atoms with E-state index in [0.29, 0.717) is 17.9 Å². The second kappa shape index (κ2) is 7.88. The molecular formula is C18H26N4S. The van der Waals surface area contributed by atoms with E-state index >= 15 is 0 Å². The summed E-state index contributed by atoms with van der Waals surface area (Å²) in [5.74, 6) is 1.14. The highest BCUT2D eigenvalue weighted by molar-refractivity contribution is 7.13. The van der Waals surface area contributed by atoms with Gasteiger partial charge >= 0.3 is 0 Å². The fraction of sp³-hybridized carbons (Fsp3) is 0.556. The summed E-state index contributed by atoms with van der Waals surface area (Å²) in [6, 6.07) is 4.85. The average Bonchev–Trinajstić information content (AvgIpc) is 3.11. The first-order valence-corrected chi connectivity index (χ1v) is 9.39. The molecule has 2 aromatic rings. The highest BCUT2D eigenvalue weighted by Crippen LogP contribution is 2.25. The van der Waals surface area contributed by atoms with E-state index in [-0.39, 0.29) is 0 Å². The van der Waals surface area contributed by atoms with E-state index in [2.05, 4.69) is 45.5 Å². The Labute approximate surface area is 143 Å². The summed E-state index contributed by atoms with van der Waals surface area (Å²) < 4.78 is 0. The smallest absolute Gasteiger partial charge is 0.185 e. The number of thiazole rings is 1. The van der Waals surface area contributed by atoms with Crippen molar-refractivity contribution >= 4 is 16.5 Å². The molecule has 1 aliphatic rings. The molecule has 4 nitrogen and oxygen atoms in total. The van der Waals surface area contributed by atoms with Gasteiger partial charge in [0.1, 0.15) is 0 Å². The maximum atomic E-state index is 4.42. The lowest BCUT2D eigenvalue weighted by Gasteiger charge is -2.33. The van der Waals surface area contributed by atoms with Crippen LogP contribution in [0.5, 0.6) is 0 Å². The summed E-state index contributed by atoms with van der Waals surface area (Å²) in [4.78, 5) is 11.1. The number of aromatic nitrogens is 2. The number of nitrogens with one attached hydrogen (secondary N) is 1. The van der Waals surface area contributed by atoms with Crippen LogP contribution in [-0.2, 0) is 0 Å². The zero-order valence-electron chi connectivity index (χ0n) is 14.0. The third kappa shape index (κ3) is 4.30. The van der Waals surface area contributed by atoms with Crippen molar-refractivity contribution in [3.63, 3.8) is 0 Å². The first-order valence-electron chi connectivity index (χ1n) is 8.52. The van der Waals surface area contributed by atoms with Crippen molar-refractivity contribution in [3.8, 4) is 0 Å². The maximum absolute atomic E-state index is 4.42. The Kier molecular flexibility index (Phi) is 5.62. The average molecular weight is 331 g/mol. The van der Waals surface area contributed by atoms with Gasteiger partial charge in [0.25, 0.3) is 0 Å². The van der Waals surface area contributed by atoms with Crippen LogP contribution < -0.4 is 10.2 Å². The van der Waals surface area contributed by atoms with Gasteiger partial charge in [-0.2, -0.15) is 0 Å². The van der Waals surface area contributed by atoms with Gasteiger partial charge in [0.15, 0.2) is 5.13 Å². The van der Waals surface area contributed by atoms with E-state index in [1.165, 1.54) is 23.5 Å². The molecule has 1 N–H and O–H groups in total. The molecule has 1 saturated heterocycles. The van der Waals surface area contributed by atoms with E-state index in [0.717, 1.165) is 19.6 Å². The minimum atomic E-state index is 0.528. The molecule has 0 unspecified atom stereocenters. The Morgan fingerprint density at radius 1 is 1.30 bits per heavy atom. The summed E-state index contributed by atoms with van der Waals surface area (Å²) >= 11 is 1.74. The Balaban J connectivity index is 1.50. The number of hydrogen-bond acceptors (Lipinski definition) is 5. The highest BCUT2D eigenvalue weighted by atomic mass is 32.1. The third-order valence-corrected chi connectivity index (χ3v) is 5.56. The lowest BCUT2D eigenvalue weighted by molar-refractivity contribution is 0.375. The Bertz CT molecular complexity index is 562. The number of anilines is 1. The van der Waals surface area contributed by atoms with Gasteiger partial charge in [-0.05, 0) is 30.4 Å². The molecule has 3 heterocycles. The summed E-state index contributed by atoms with van der Waals surface area (Å²) in [5.41, 5.74) is 1.34. The number of rotatable bonds is 6. The van der Waals surface area contributed by atoms with E-state index in [9.17, 15) is 0 Å². The molecule has 0 bridgehead atoms. The monoisotopic (exact) mass is 330 g/mol. The minimum Gasteiger partial charge on any atom is -0.348 e. The SMILES string of the molecule is CC(C)[C@H](CNC1CCN(c2nccs2)CC1)c1cccnc1. The zero-order chi connectivity index (χ0) is 16.1. The van der Waals surface area contributed by atoms with Gasteiger partial charge in [0.05, 0.1) is 0 Å². The lowest BCUT2D eigenvalue weighted by atomic mass is 9.89. The molecular weight excluding hydrogens is 304 g/mol. The number of pyridine rings is 1. The maximum Gasteiger partial charge on any atom is 0.185 e. The Morgan fingerprint density at radius 3 is 2.74 bits per heavy atom. The first-order chi connectivity index (χ1) is 11.2. The molecule has 124 valence electrons. The molecule has 3 rings (SSSR count). The molecule has 0 spiro atoms. The lowest BCUT2D eigenvalue weighted by Crippen LogP contribution is -2.44. The van der Waals surface area contributed by atoms with E-state index in [1.807, 2.05) is 24.7 Å². The molecule has 1 fully saturated rings. The summed E-state index contributed by atoms with van der Waals surface area (Å²) in [5, 5.41) is 7.02. The van der Waals surface area contributed by atoms with Crippen LogP contribution in [0.2, 0.25) is 0 Å². The van der Waals surface area contributed by atoms with Gasteiger partial charge in [-0.25, -0.2) is 4.98 Å². The van der Waals surface area contributed by atoms with Gasteiger partial charge in [-0.1, -0.05) is 19.9 Å². The molecule has 23 heavy (non-hydrogen) atoms. The minimum absolute atomic E-state index is 0.528. The predicted octanol–water partition coefficient (Wildman–Crippen LogP) is 3.54. The van der Waals surface area contributed by atoms with Gasteiger partial charge in [0, 0.05) is 55.6 Å². The van der Waals surface area contributed by atoms with Crippen LogP contribution >= 0.6 is 11.3 Å². The van der Waals surface area contributed by atoms with Crippen LogP contribution in [0, 0.1) is 5.92 Å². The Morgan fingerprint density at radius 2 is 2.13 bits per heavy atom. The fourth-order valence-corrected chi connectivity index (χ4v) is 3.97. The van der Waals surface area contributed by atoms with Gasteiger partial charge in [0.2, 0.25) is 0 Å². The van der Waals surface area contributed by atoms with Crippen molar-refractivity contribution in [1.82, 2.24) is 15.3 Å². The largest absolute Gasteiger partial charge is 0.348 e. The fourth-order valence-electron chi connectivity index (χ4n) is 3.27. The molecule has 0 saturated carbocycles. The highest BCUT2D eigenvalue weighted by Gasteiger charge is 2.22. The molecule has 2 aromatic heterocycles. The van der Waals surface area contributed by atoms with Crippen LogP contribution in [0.1, 0.15) is 38.2 Å². The number of hydrogen-bond donors (Lipinski definition) is 1. The first kappa shape index (κ1) is 16.4. The van der Waals surface area contributed by atoms with Crippen LogP contribution in [0.3, 0.4) is 0 Å². The van der Waals surface area contributed by atoms with E-state index in [1.54, 1.807) is 11.3 Å². The van der Waals surface area contributed by atoms with Gasteiger partial charge in [-0.15, -0.1) is 11.3 Å². The van der Waals surface area contributed by atoms with Crippen LogP contribution in [0.15, 0.2) is 36.1 Å². The summed E-state index contributed by atoms with van der Waals surface area (Å²) in [6.07, 6.45) is 8.14. The molecule has 5 heteroatoms. The number of piperidine rings is 1. The quantitative estimate of drug-likeness (QED) is 0.879. The van der Waals surface area contributed by atoms with Crippen molar-refractivity contribution in [2.75, 3.05) is 24.5 Å². The van der Waals surface area contributed by atoms with Crippen molar-refractivity contribution in [2.24, 2.45) is 5.92 Å². The summed E-state index contributed by atoms with van der Waals surface area (Å²) in [6.45, 7) is 7.83. The zero-order valence-corrected chi connectivity index (χ0v) is 14.8. The number of nitrogens with zero attached hydrogens (tertiary/aromatic N) is 3. The topological polar surface area (TPSA) is 41.0 Å². The van der Waals surface area contributed by atoms with Crippen LogP contribution in [0.25, 0.3) is 0 Å². The standard InChI is InChI=1S/C18H26N4S/c1-14(2)17(15-4-3-7-19-12-15)13-21-16-5-9-22(10-6-16)18-20-8-11-23-18/h3-4,7-8,11-12,14,16-17,21H,5-6,9-10,13H2,1-2H3/t17-/m0/s1. The van der Waals surface area contributed by atoms with Crippen molar-refractivity contribution in [1.29, 1.82) is 0 Å². The Hall–Kier alpha value is -1.46. The molecule has 0 radical (unpaired) electrons. The molecule has 0 aromatic carbocycles. The molecule has 1 atom stereocenters. The molecule has 1 aliphatic heterocycles. The van der Waals surface area contributed by atoms with Crippen molar-refractivity contribution < 1.29 is 0 Å². The van der Waals surface area contributed by atoms with Crippen LogP contribution in [0.4, 0.5) is 5.13 Å². The second-order valence-electron chi connectivity index (χ2n) is 6.62. The molecule has 0 amide bonds. The third-order valence-electron chi connectivity index (χ3n) is 4.73. The van der Waals surface area contributed by atoms with Gasteiger partial charge < -0.3 is 10.2 Å². The van der Waals surface area contributed by atoms with E-state index in [4.69, 9.17) is 0 Å². The van der Waals surface area contributed by atoms with Crippen molar-refractivity contribution in [3.05, 3.63) is 41.7 Å². The van der Waals surface area contributed by atoms with Crippen LogP contribution in [-0.4, -0.2) is 35.6 Å². The predicted molar refractivity (Wildman–Crippen MR) is 97.2 cm³/mol. The second-order valence-corrected chi connectivity index (χ2v) is 7.49. The summed E-state index contributed by atoms with van der Waals surface area (Å²) in [7, 11) is 0. The molecule has 0 aliphatic carbocycles. The normalized spacial score (nSPS) is 17.6. The van der Waals surface area contributed by atoms with E-state index < -0.39 is 0 Å². The van der Waals surface area contributed by atoms with Gasteiger partial charge in [-0.3, -0.25) is 4.98 Å². The van der Waals surface area contributed by atoms with Crippen molar-refractivity contribution in [2.45, 2.75) is 38.6 Å².